The number of benzene rings is 1. The van der Waals surface area contributed by atoms with Gasteiger partial charge in [-0.2, -0.15) is 0 Å². The fourth-order valence-electron chi connectivity index (χ4n) is 3.05. The van der Waals surface area contributed by atoms with Crippen LogP contribution < -0.4 is 5.32 Å². The summed E-state index contributed by atoms with van der Waals surface area (Å²) in [5, 5.41) is 14.7. The number of nitrogens with one attached hydrogen (secondary N) is 1. The number of nitrogens with zero attached hydrogens (tertiary/aromatic N) is 1. The normalized spacial score (nSPS) is 20.4. The lowest BCUT2D eigenvalue weighted by molar-refractivity contribution is 0.115. The molecule has 0 bridgehead atoms. The predicted octanol–water partition coefficient (Wildman–Crippen LogP) is 3.23. The highest BCUT2D eigenvalue weighted by Gasteiger charge is 2.23. The number of hydrogen-bond acceptors (Lipinski definition) is 3. The maximum atomic E-state index is 10.4. The number of aliphatic hydroxyl groups is 1. The van der Waals surface area contributed by atoms with Crippen molar-refractivity contribution in [3.05, 3.63) is 34.9 Å². The lowest BCUT2D eigenvalue weighted by atomic mass is 9.99. The van der Waals surface area contributed by atoms with E-state index in [-0.39, 0.29) is 6.04 Å². The van der Waals surface area contributed by atoms with Crippen LogP contribution in [0.15, 0.2) is 24.3 Å². The molecule has 2 atom stereocenters. The smallest absolute Gasteiger partial charge is 0.0940 e. The molecule has 1 aliphatic rings. The van der Waals surface area contributed by atoms with Gasteiger partial charge in [0.25, 0.3) is 0 Å². The minimum Gasteiger partial charge on any atom is -0.387 e. The second kappa shape index (κ2) is 8.14. The molecule has 1 aliphatic heterocycles. The van der Waals surface area contributed by atoms with Crippen molar-refractivity contribution in [2.45, 2.75) is 51.3 Å². The van der Waals surface area contributed by atoms with Crippen LogP contribution in [0, 0.1) is 0 Å². The van der Waals surface area contributed by atoms with Crippen molar-refractivity contribution in [3.63, 3.8) is 0 Å². The number of aliphatic hydroxyl groups excluding tert-OH is 1. The van der Waals surface area contributed by atoms with E-state index < -0.39 is 6.10 Å². The van der Waals surface area contributed by atoms with Gasteiger partial charge in [0, 0.05) is 17.1 Å². The van der Waals surface area contributed by atoms with Gasteiger partial charge in [0.15, 0.2) is 0 Å². The molecule has 1 aromatic rings. The minimum absolute atomic E-state index is 0.0499. The van der Waals surface area contributed by atoms with E-state index in [1.165, 1.54) is 13.0 Å². The van der Waals surface area contributed by atoms with Crippen LogP contribution in [0.2, 0.25) is 5.02 Å². The van der Waals surface area contributed by atoms with Gasteiger partial charge in [-0.1, -0.05) is 30.7 Å². The molecule has 2 rings (SSSR count). The van der Waals surface area contributed by atoms with Crippen LogP contribution in [-0.2, 0) is 0 Å². The quantitative estimate of drug-likeness (QED) is 0.847. The summed E-state index contributed by atoms with van der Waals surface area (Å²) in [7, 11) is 0. The molecule has 2 N–H and O–H groups in total. The fourth-order valence-corrected chi connectivity index (χ4v) is 3.18. The molecule has 3 nitrogen and oxygen atoms in total. The third-order valence-electron chi connectivity index (χ3n) is 4.31. The van der Waals surface area contributed by atoms with Crippen LogP contribution in [0.4, 0.5) is 0 Å². The van der Waals surface area contributed by atoms with Gasteiger partial charge < -0.3 is 15.3 Å². The second-order valence-electron chi connectivity index (χ2n) is 6.07. The van der Waals surface area contributed by atoms with Gasteiger partial charge in [-0.15, -0.1) is 0 Å². The molecule has 1 saturated heterocycles. The van der Waals surface area contributed by atoms with Crippen molar-refractivity contribution in [3.8, 4) is 0 Å². The first kappa shape index (κ1) is 16.8. The molecular formula is C17H27ClN2O. The lowest BCUT2D eigenvalue weighted by Crippen LogP contribution is -2.47. The monoisotopic (exact) mass is 310 g/mol. The summed E-state index contributed by atoms with van der Waals surface area (Å²) >= 11 is 5.89. The molecule has 0 saturated carbocycles. The van der Waals surface area contributed by atoms with E-state index in [9.17, 15) is 5.11 Å². The third kappa shape index (κ3) is 4.96. The Morgan fingerprint density at radius 1 is 1.29 bits per heavy atom. The Kier molecular flexibility index (Phi) is 6.49. The van der Waals surface area contributed by atoms with Gasteiger partial charge >= 0.3 is 0 Å². The third-order valence-corrected chi connectivity index (χ3v) is 4.56. The van der Waals surface area contributed by atoms with E-state index in [2.05, 4.69) is 24.1 Å². The summed E-state index contributed by atoms with van der Waals surface area (Å²) in [4.78, 5) is 2.53. The highest BCUT2D eigenvalue weighted by Crippen LogP contribution is 2.21. The average Bonchev–Trinajstić information content (AvgIpc) is 2.49. The van der Waals surface area contributed by atoms with Crippen molar-refractivity contribution in [2.24, 2.45) is 0 Å². The number of piperidine rings is 1. The highest BCUT2D eigenvalue weighted by atomic mass is 35.5. The van der Waals surface area contributed by atoms with Crippen LogP contribution in [0.1, 0.15) is 44.8 Å². The molecule has 118 valence electrons. The van der Waals surface area contributed by atoms with E-state index in [0.717, 1.165) is 31.5 Å². The average molecular weight is 311 g/mol. The van der Waals surface area contributed by atoms with E-state index in [0.29, 0.717) is 11.1 Å². The van der Waals surface area contributed by atoms with Crippen LogP contribution in [0.5, 0.6) is 0 Å². The number of likely N-dealkylation sites (tertiary alicyclic amines) is 1. The maximum Gasteiger partial charge on any atom is 0.0940 e. The number of halogens is 1. The first-order valence-electron chi connectivity index (χ1n) is 8.02. The van der Waals surface area contributed by atoms with Gasteiger partial charge in [-0.05, 0) is 63.5 Å². The molecule has 1 fully saturated rings. The largest absolute Gasteiger partial charge is 0.387 e. The van der Waals surface area contributed by atoms with Gasteiger partial charge in [-0.25, -0.2) is 0 Å². The zero-order valence-electron chi connectivity index (χ0n) is 13.1. The Balaban J connectivity index is 1.81. The molecule has 0 aliphatic carbocycles. The van der Waals surface area contributed by atoms with Gasteiger partial charge in [-0.3, -0.25) is 0 Å². The van der Waals surface area contributed by atoms with Crippen molar-refractivity contribution in [1.82, 2.24) is 10.2 Å². The molecule has 21 heavy (non-hydrogen) atoms. The Morgan fingerprint density at radius 2 is 1.90 bits per heavy atom. The molecule has 1 heterocycles. The van der Waals surface area contributed by atoms with Crippen LogP contribution >= 0.6 is 11.6 Å². The summed E-state index contributed by atoms with van der Waals surface area (Å²) in [6, 6.07) is 8.01. The van der Waals surface area contributed by atoms with Crippen molar-refractivity contribution >= 4 is 11.6 Å². The summed E-state index contributed by atoms with van der Waals surface area (Å²) in [5.74, 6) is 0. The predicted molar refractivity (Wildman–Crippen MR) is 88.8 cm³/mol. The first-order chi connectivity index (χ1) is 10.1. The zero-order chi connectivity index (χ0) is 15.2. The van der Waals surface area contributed by atoms with E-state index in [1.54, 1.807) is 0 Å². The molecule has 4 heteroatoms. The molecule has 1 aromatic carbocycles. The number of rotatable bonds is 6. The Hall–Kier alpha value is -0.610. The molecule has 0 amide bonds. The van der Waals surface area contributed by atoms with E-state index in [1.807, 2.05) is 24.3 Å². The molecule has 0 spiro atoms. The minimum atomic E-state index is -0.490. The Labute approximate surface area is 133 Å². The Morgan fingerprint density at radius 3 is 2.48 bits per heavy atom. The fraction of sp³-hybridized carbons (Fsp3) is 0.647. The molecular weight excluding hydrogens is 284 g/mol. The van der Waals surface area contributed by atoms with Gasteiger partial charge in [0.2, 0.25) is 0 Å². The van der Waals surface area contributed by atoms with Gasteiger partial charge in [0.1, 0.15) is 0 Å². The van der Waals surface area contributed by atoms with Crippen molar-refractivity contribution in [1.29, 1.82) is 0 Å². The van der Waals surface area contributed by atoms with Crippen LogP contribution in [-0.4, -0.2) is 41.7 Å². The zero-order valence-corrected chi connectivity index (χ0v) is 13.8. The summed E-state index contributed by atoms with van der Waals surface area (Å²) in [6.07, 6.45) is 3.06. The standard InChI is InChI=1S/C17H27ClN2O/c1-3-10-20-11-8-16(9-12-20)19-13(2)17(21)14-4-6-15(18)7-5-14/h4-7,13,16-17,19,21H,3,8-12H2,1-2H3. The maximum absolute atomic E-state index is 10.4. The Bertz CT molecular complexity index is 415. The lowest BCUT2D eigenvalue weighted by Gasteiger charge is -2.34. The first-order valence-corrected chi connectivity index (χ1v) is 8.40. The van der Waals surface area contributed by atoms with Crippen LogP contribution in [0.25, 0.3) is 0 Å². The summed E-state index contributed by atoms with van der Waals surface area (Å²) < 4.78 is 0. The van der Waals surface area contributed by atoms with Crippen molar-refractivity contribution < 1.29 is 5.11 Å². The molecule has 0 radical (unpaired) electrons. The van der Waals surface area contributed by atoms with Crippen LogP contribution in [0.3, 0.4) is 0 Å². The number of hydrogen-bond donors (Lipinski definition) is 2. The topological polar surface area (TPSA) is 35.5 Å². The van der Waals surface area contributed by atoms with E-state index in [4.69, 9.17) is 11.6 Å². The second-order valence-corrected chi connectivity index (χ2v) is 6.50. The van der Waals surface area contributed by atoms with Gasteiger partial charge in [0.05, 0.1) is 6.10 Å². The molecule has 2 unspecified atom stereocenters. The molecule has 0 aromatic heterocycles. The van der Waals surface area contributed by atoms with Crippen molar-refractivity contribution in [2.75, 3.05) is 19.6 Å². The summed E-state index contributed by atoms with van der Waals surface area (Å²) in [5.41, 5.74) is 0.919. The van der Waals surface area contributed by atoms with E-state index >= 15 is 0 Å². The SMILES string of the molecule is CCCN1CCC(NC(C)C(O)c2ccc(Cl)cc2)CC1. The highest BCUT2D eigenvalue weighted by molar-refractivity contribution is 6.30. The summed E-state index contributed by atoms with van der Waals surface area (Å²) in [6.45, 7) is 7.81.